The Kier molecular flexibility index (Phi) is 5.06. The fourth-order valence-corrected chi connectivity index (χ4v) is 2.33. The van der Waals surface area contributed by atoms with Gasteiger partial charge < -0.3 is 10.5 Å². The standard InChI is InChI=1S/C18H18ClNO3/c1-18(2,14-7-4-8-15(19)10-14)17(22)23-11-12-5-3-6-13(9-12)16(20)21/h3-10H,11H2,1-2H3,(H2,20,21). The van der Waals surface area contributed by atoms with Gasteiger partial charge in [0.25, 0.3) is 0 Å². The van der Waals surface area contributed by atoms with Gasteiger partial charge in [-0.15, -0.1) is 0 Å². The number of rotatable bonds is 5. The van der Waals surface area contributed by atoms with Gasteiger partial charge >= 0.3 is 5.97 Å². The van der Waals surface area contributed by atoms with Crippen molar-refractivity contribution in [2.75, 3.05) is 0 Å². The Hall–Kier alpha value is -2.33. The molecule has 0 aromatic heterocycles. The number of nitrogens with two attached hydrogens (primary N) is 1. The number of carbonyl (C=O) groups is 2. The van der Waals surface area contributed by atoms with E-state index < -0.39 is 11.3 Å². The van der Waals surface area contributed by atoms with E-state index in [4.69, 9.17) is 22.1 Å². The van der Waals surface area contributed by atoms with Crippen molar-refractivity contribution in [2.24, 2.45) is 5.73 Å². The van der Waals surface area contributed by atoms with Crippen LogP contribution in [0.3, 0.4) is 0 Å². The largest absolute Gasteiger partial charge is 0.460 e. The van der Waals surface area contributed by atoms with Gasteiger partial charge in [0.15, 0.2) is 0 Å². The second-order valence-electron chi connectivity index (χ2n) is 5.78. The fourth-order valence-electron chi connectivity index (χ4n) is 2.14. The van der Waals surface area contributed by atoms with Gasteiger partial charge in [-0.25, -0.2) is 0 Å². The number of primary amides is 1. The van der Waals surface area contributed by atoms with E-state index in [1.807, 2.05) is 6.07 Å². The molecule has 1 amide bonds. The van der Waals surface area contributed by atoms with Crippen LogP contribution in [0, 0.1) is 0 Å². The number of benzene rings is 2. The molecule has 0 saturated carbocycles. The van der Waals surface area contributed by atoms with Crippen molar-refractivity contribution in [1.82, 2.24) is 0 Å². The fraction of sp³-hybridized carbons (Fsp3) is 0.222. The van der Waals surface area contributed by atoms with Crippen LogP contribution in [0.2, 0.25) is 5.02 Å². The summed E-state index contributed by atoms with van der Waals surface area (Å²) in [6, 6.07) is 13.8. The van der Waals surface area contributed by atoms with Gasteiger partial charge in [-0.05, 0) is 49.2 Å². The maximum atomic E-state index is 12.4. The number of carbonyl (C=O) groups excluding carboxylic acids is 2. The SMILES string of the molecule is CC(C)(C(=O)OCc1cccc(C(N)=O)c1)c1cccc(Cl)c1. The van der Waals surface area contributed by atoms with Crippen molar-refractivity contribution >= 4 is 23.5 Å². The van der Waals surface area contributed by atoms with E-state index in [1.54, 1.807) is 56.3 Å². The van der Waals surface area contributed by atoms with Crippen molar-refractivity contribution in [3.05, 3.63) is 70.2 Å². The molecule has 2 aromatic carbocycles. The maximum Gasteiger partial charge on any atom is 0.316 e. The monoisotopic (exact) mass is 331 g/mol. The number of hydrogen-bond acceptors (Lipinski definition) is 3. The zero-order valence-corrected chi connectivity index (χ0v) is 13.8. The van der Waals surface area contributed by atoms with Crippen LogP contribution < -0.4 is 5.73 Å². The number of esters is 1. The lowest BCUT2D eigenvalue weighted by Crippen LogP contribution is -2.31. The lowest BCUT2D eigenvalue weighted by molar-refractivity contribution is -0.150. The summed E-state index contributed by atoms with van der Waals surface area (Å²) in [6.07, 6.45) is 0. The van der Waals surface area contributed by atoms with E-state index in [9.17, 15) is 9.59 Å². The number of ether oxygens (including phenoxy) is 1. The highest BCUT2D eigenvalue weighted by Crippen LogP contribution is 2.27. The third-order valence-corrected chi connectivity index (χ3v) is 3.87. The summed E-state index contributed by atoms with van der Waals surface area (Å²) in [6.45, 7) is 3.63. The van der Waals surface area contributed by atoms with Crippen molar-refractivity contribution in [2.45, 2.75) is 25.9 Å². The summed E-state index contributed by atoms with van der Waals surface area (Å²) in [7, 11) is 0. The number of hydrogen-bond donors (Lipinski definition) is 1. The third kappa shape index (κ3) is 4.11. The average molecular weight is 332 g/mol. The molecule has 2 aromatic rings. The predicted molar refractivity (Wildman–Crippen MR) is 89.2 cm³/mol. The Bertz CT molecular complexity index is 741. The Morgan fingerprint density at radius 2 is 1.83 bits per heavy atom. The van der Waals surface area contributed by atoms with Crippen LogP contribution in [-0.2, 0) is 21.6 Å². The summed E-state index contributed by atoms with van der Waals surface area (Å²) in [5.41, 5.74) is 6.28. The summed E-state index contributed by atoms with van der Waals surface area (Å²) in [5, 5.41) is 0.567. The normalized spacial score (nSPS) is 11.1. The first-order valence-electron chi connectivity index (χ1n) is 7.12. The Morgan fingerprint density at radius 3 is 2.48 bits per heavy atom. The minimum Gasteiger partial charge on any atom is -0.460 e. The van der Waals surface area contributed by atoms with Gasteiger partial charge in [-0.1, -0.05) is 35.9 Å². The van der Waals surface area contributed by atoms with Crippen LogP contribution in [0.4, 0.5) is 0 Å². The van der Waals surface area contributed by atoms with E-state index in [1.165, 1.54) is 0 Å². The van der Waals surface area contributed by atoms with Crippen LogP contribution in [0.25, 0.3) is 0 Å². The summed E-state index contributed by atoms with van der Waals surface area (Å²) < 4.78 is 5.39. The van der Waals surface area contributed by atoms with Crippen LogP contribution in [0.5, 0.6) is 0 Å². The van der Waals surface area contributed by atoms with Gasteiger partial charge in [-0.3, -0.25) is 9.59 Å². The molecule has 0 aliphatic rings. The smallest absolute Gasteiger partial charge is 0.316 e. The first kappa shape index (κ1) is 17.0. The van der Waals surface area contributed by atoms with E-state index in [0.717, 1.165) is 5.56 Å². The summed E-state index contributed by atoms with van der Waals surface area (Å²) >= 11 is 5.98. The molecule has 0 heterocycles. The Labute approximate surface area is 140 Å². The Balaban J connectivity index is 2.09. The van der Waals surface area contributed by atoms with Crippen LogP contribution in [0.1, 0.15) is 35.3 Å². The molecule has 4 nitrogen and oxygen atoms in total. The summed E-state index contributed by atoms with van der Waals surface area (Å²) in [5.74, 6) is -0.887. The van der Waals surface area contributed by atoms with Gasteiger partial charge in [0.05, 0.1) is 5.41 Å². The van der Waals surface area contributed by atoms with E-state index >= 15 is 0 Å². The molecule has 0 radical (unpaired) electrons. The highest BCUT2D eigenvalue weighted by molar-refractivity contribution is 6.30. The zero-order valence-electron chi connectivity index (χ0n) is 13.0. The van der Waals surface area contributed by atoms with Crippen molar-refractivity contribution in [3.63, 3.8) is 0 Å². The molecule has 120 valence electrons. The van der Waals surface area contributed by atoms with Crippen LogP contribution in [-0.4, -0.2) is 11.9 Å². The highest BCUT2D eigenvalue weighted by atomic mass is 35.5. The lowest BCUT2D eigenvalue weighted by Gasteiger charge is -2.23. The van der Waals surface area contributed by atoms with Gasteiger partial charge in [0, 0.05) is 10.6 Å². The molecule has 0 fully saturated rings. The molecule has 0 aliphatic carbocycles. The molecule has 0 saturated heterocycles. The van der Waals surface area contributed by atoms with E-state index in [0.29, 0.717) is 16.1 Å². The lowest BCUT2D eigenvalue weighted by atomic mass is 9.85. The maximum absolute atomic E-state index is 12.4. The number of amides is 1. The minimum absolute atomic E-state index is 0.0734. The minimum atomic E-state index is -0.827. The number of halogens is 1. The van der Waals surface area contributed by atoms with Crippen LogP contribution in [0.15, 0.2) is 48.5 Å². The second-order valence-corrected chi connectivity index (χ2v) is 6.21. The summed E-state index contributed by atoms with van der Waals surface area (Å²) in [4.78, 5) is 23.6. The van der Waals surface area contributed by atoms with E-state index in [2.05, 4.69) is 0 Å². The first-order valence-corrected chi connectivity index (χ1v) is 7.50. The molecule has 0 spiro atoms. The van der Waals surface area contributed by atoms with Crippen molar-refractivity contribution in [1.29, 1.82) is 0 Å². The molecule has 0 aliphatic heterocycles. The van der Waals surface area contributed by atoms with Gasteiger partial charge in [0.1, 0.15) is 6.61 Å². The molecule has 5 heteroatoms. The molecule has 0 bridgehead atoms. The third-order valence-electron chi connectivity index (χ3n) is 3.64. The molecule has 23 heavy (non-hydrogen) atoms. The Morgan fingerprint density at radius 1 is 1.13 bits per heavy atom. The molecule has 0 unspecified atom stereocenters. The molecular weight excluding hydrogens is 314 g/mol. The zero-order chi connectivity index (χ0) is 17.0. The van der Waals surface area contributed by atoms with Crippen LogP contribution >= 0.6 is 11.6 Å². The molecule has 0 atom stereocenters. The first-order chi connectivity index (χ1) is 10.8. The van der Waals surface area contributed by atoms with E-state index in [-0.39, 0.29) is 12.6 Å². The predicted octanol–water partition coefficient (Wildman–Crippen LogP) is 3.46. The topological polar surface area (TPSA) is 69.4 Å². The van der Waals surface area contributed by atoms with Crippen molar-refractivity contribution in [3.8, 4) is 0 Å². The van der Waals surface area contributed by atoms with Gasteiger partial charge in [0.2, 0.25) is 5.91 Å². The molecule has 2 rings (SSSR count). The van der Waals surface area contributed by atoms with Crippen molar-refractivity contribution < 1.29 is 14.3 Å². The quantitative estimate of drug-likeness (QED) is 0.853. The molecular formula is C18H18ClNO3. The second kappa shape index (κ2) is 6.84. The van der Waals surface area contributed by atoms with Gasteiger partial charge in [-0.2, -0.15) is 0 Å². The highest BCUT2D eigenvalue weighted by Gasteiger charge is 2.31. The molecule has 2 N–H and O–H groups in total. The average Bonchev–Trinajstić information content (AvgIpc) is 2.52.